The first kappa shape index (κ1) is 24.8. The zero-order valence-electron chi connectivity index (χ0n) is 18.6. The number of sulfonamides is 1. The maximum absolute atomic E-state index is 12.4. The quantitative estimate of drug-likeness (QED) is 0.265. The smallest absolute Gasteiger partial charge is 0.240 e. The number of nitrogens with zero attached hydrogens (tertiary/aromatic N) is 1. The number of guanidine groups is 1. The van der Waals surface area contributed by atoms with E-state index in [1.165, 1.54) is 12.7 Å². The van der Waals surface area contributed by atoms with Gasteiger partial charge in [-0.3, -0.25) is 0 Å². The highest BCUT2D eigenvalue weighted by Crippen LogP contribution is 2.12. The predicted molar refractivity (Wildman–Crippen MR) is 126 cm³/mol. The molecule has 0 saturated heterocycles. The van der Waals surface area contributed by atoms with E-state index < -0.39 is 10.0 Å². The van der Waals surface area contributed by atoms with Gasteiger partial charge in [0.1, 0.15) is 0 Å². The molecule has 8 heteroatoms. The van der Waals surface area contributed by atoms with Crippen molar-refractivity contribution in [3.63, 3.8) is 0 Å². The van der Waals surface area contributed by atoms with E-state index in [1.54, 1.807) is 18.2 Å². The molecule has 1 atom stereocenters. The van der Waals surface area contributed by atoms with Crippen LogP contribution < -0.4 is 15.4 Å². The third-order valence-corrected chi connectivity index (χ3v) is 6.12. The van der Waals surface area contributed by atoms with E-state index in [0.717, 1.165) is 30.9 Å². The van der Waals surface area contributed by atoms with Crippen molar-refractivity contribution in [2.75, 3.05) is 26.8 Å². The highest BCUT2D eigenvalue weighted by atomic mass is 32.2. The highest BCUT2D eigenvalue weighted by molar-refractivity contribution is 7.89. The number of aryl methyl sites for hydroxylation is 1. The number of aliphatic imine (C=N–C) groups is 1. The van der Waals surface area contributed by atoms with Crippen molar-refractivity contribution in [2.45, 2.75) is 44.2 Å². The fourth-order valence-corrected chi connectivity index (χ4v) is 4.08. The molecule has 1 unspecified atom stereocenters. The van der Waals surface area contributed by atoms with Crippen molar-refractivity contribution in [2.24, 2.45) is 4.99 Å². The Hall–Kier alpha value is -2.42. The van der Waals surface area contributed by atoms with Crippen LogP contribution in [0.4, 0.5) is 0 Å². The summed E-state index contributed by atoms with van der Waals surface area (Å²) in [6, 6.07) is 17.5. The SMILES string of the molecule is CCNC(=NCc1cccc(S(=O)(=O)NCCOC)c1)NC(C)CCc1ccccc1. The first-order valence-corrected chi connectivity index (χ1v) is 12.1. The second kappa shape index (κ2) is 13.1. The van der Waals surface area contributed by atoms with Crippen LogP contribution in [0.15, 0.2) is 64.5 Å². The molecule has 31 heavy (non-hydrogen) atoms. The van der Waals surface area contributed by atoms with Crippen LogP contribution in [0.3, 0.4) is 0 Å². The number of nitrogens with one attached hydrogen (secondary N) is 3. The summed E-state index contributed by atoms with van der Waals surface area (Å²) in [4.78, 5) is 4.86. The average molecular weight is 447 g/mol. The Labute approximate surface area is 186 Å². The average Bonchev–Trinajstić information content (AvgIpc) is 2.77. The van der Waals surface area contributed by atoms with Crippen molar-refractivity contribution in [1.82, 2.24) is 15.4 Å². The van der Waals surface area contributed by atoms with E-state index in [0.29, 0.717) is 13.2 Å². The van der Waals surface area contributed by atoms with Crippen LogP contribution in [0.5, 0.6) is 0 Å². The Morgan fingerprint density at radius 1 is 1.10 bits per heavy atom. The molecule has 0 bridgehead atoms. The molecule has 2 aromatic carbocycles. The van der Waals surface area contributed by atoms with Gasteiger partial charge in [0, 0.05) is 26.2 Å². The molecule has 0 spiro atoms. The Morgan fingerprint density at radius 3 is 2.55 bits per heavy atom. The van der Waals surface area contributed by atoms with E-state index in [4.69, 9.17) is 4.74 Å². The van der Waals surface area contributed by atoms with Crippen LogP contribution >= 0.6 is 0 Å². The third-order valence-electron chi connectivity index (χ3n) is 4.66. The standard InChI is InChI=1S/C23H34N4O3S/c1-4-24-23(27-19(2)13-14-20-9-6-5-7-10-20)25-18-21-11-8-12-22(17-21)31(28,29)26-15-16-30-3/h5-12,17,19,26H,4,13-16,18H2,1-3H3,(H2,24,25,27). The van der Waals surface area contributed by atoms with Crippen molar-refractivity contribution < 1.29 is 13.2 Å². The van der Waals surface area contributed by atoms with E-state index >= 15 is 0 Å². The van der Waals surface area contributed by atoms with Crippen molar-refractivity contribution in [3.05, 3.63) is 65.7 Å². The summed E-state index contributed by atoms with van der Waals surface area (Å²) < 4.78 is 32.2. The zero-order chi connectivity index (χ0) is 22.5. The Balaban J connectivity index is 1.98. The van der Waals surface area contributed by atoms with Crippen LogP contribution in [-0.2, 0) is 27.7 Å². The topological polar surface area (TPSA) is 91.8 Å². The first-order valence-electron chi connectivity index (χ1n) is 10.6. The number of hydrogen-bond donors (Lipinski definition) is 3. The summed E-state index contributed by atoms with van der Waals surface area (Å²) in [6.45, 7) is 5.83. The molecule has 0 amide bonds. The summed E-state index contributed by atoms with van der Waals surface area (Å²) >= 11 is 0. The number of benzene rings is 2. The molecule has 170 valence electrons. The number of methoxy groups -OCH3 is 1. The predicted octanol–water partition coefficient (Wildman–Crippen LogP) is 2.69. The van der Waals surface area contributed by atoms with Gasteiger partial charge in [0.2, 0.25) is 10.0 Å². The highest BCUT2D eigenvalue weighted by Gasteiger charge is 2.13. The molecular weight excluding hydrogens is 412 g/mol. The van der Waals surface area contributed by atoms with Crippen LogP contribution in [0.2, 0.25) is 0 Å². The molecule has 7 nitrogen and oxygen atoms in total. The lowest BCUT2D eigenvalue weighted by molar-refractivity contribution is 0.204. The number of ether oxygens (including phenoxy) is 1. The first-order chi connectivity index (χ1) is 14.9. The fourth-order valence-electron chi connectivity index (χ4n) is 3.00. The fraction of sp³-hybridized carbons (Fsp3) is 0.435. The molecule has 0 radical (unpaired) electrons. The minimum Gasteiger partial charge on any atom is -0.383 e. The molecular formula is C23H34N4O3S. The van der Waals surface area contributed by atoms with Crippen molar-refractivity contribution in [3.8, 4) is 0 Å². The van der Waals surface area contributed by atoms with Gasteiger partial charge >= 0.3 is 0 Å². The van der Waals surface area contributed by atoms with Gasteiger partial charge in [-0.2, -0.15) is 0 Å². The molecule has 0 saturated carbocycles. The monoisotopic (exact) mass is 446 g/mol. The van der Waals surface area contributed by atoms with Gasteiger partial charge < -0.3 is 15.4 Å². The minimum absolute atomic E-state index is 0.227. The number of rotatable bonds is 12. The van der Waals surface area contributed by atoms with E-state index in [-0.39, 0.29) is 17.5 Å². The molecule has 0 heterocycles. The van der Waals surface area contributed by atoms with Gasteiger partial charge in [0.15, 0.2) is 5.96 Å². The van der Waals surface area contributed by atoms with Crippen molar-refractivity contribution >= 4 is 16.0 Å². The normalized spacial score (nSPS) is 13.1. The van der Waals surface area contributed by atoms with Crippen LogP contribution in [0.1, 0.15) is 31.4 Å². The van der Waals surface area contributed by atoms with Gasteiger partial charge in [-0.25, -0.2) is 18.1 Å². The van der Waals surface area contributed by atoms with Crippen LogP contribution in [0.25, 0.3) is 0 Å². The van der Waals surface area contributed by atoms with Crippen molar-refractivity contribution in [1.29, 1.82) is 0 Å². The van der Waals surface area contributed by atoms with E-state index in [2.05, 4.69) is 51.5 Å². The lowest BCUT2D eigenvalue weighted by Crippen LogP contribution is -2.42. The summed E-state index contributed by atoms with van der Waals surface area (Å²) in [5.74, 6) is 0.717. The van der Waals surface area contributed by atoms with Gasteiger partial charge in [-0.15, -0.1) is 0 Å². The maximum atomic E-state index is 12.4. The Kier molecular flexibility index (Phi) is 10.5. The zero-order valence-corrected chi connectivity index (χ0v) is 19.4. The lowest BCUT2D eigenvalue weighted by atomic mass is 10.1. The molecule has 2 aromatic rings. The molecule has 0 aliphatic carbocycles. The maximum Gasteiger partial charge on any atom is 0.240 e. The van der Waals surface area contributed by atoms with E-state index in [9.17, 15) is 8.42 Å². The van der Waals surface area contributed by atoms with E-state index in [1.807, 2.05) is 19.1 Å². The molecule has 0 aliphatic heterocycles. The van der Waals surface area contributed by atoms with Gasteiger partial charge in [0.05, 0.1) is 18.0 Å². The van der Waals surface area contributed by atoms with Crippen LogP contribution in [-0.4, -0.2) is 47.2 Å². The number of hydrogen-bond acceptors (Lipinski definition) is 4. The summed E-state index contributed by atoms with van der Waals surface area (Å²) in [7, 11) is -2.03. The van der Waals surface area contributed by atoms with Gasteiger partial charge in [-0.05, 0) is 49.9 Å². The Morgan fingerprint density at radius 2 is 1.84 bits per heavy atom. The molecule has 0 fully saturated rings. The summed E-state index contributed by atoms with van der Waals surface area (Å²) in [5, 5.41) is 6.69. The molecule has 0 aromatic heterocycles. The molecule has 0 aliphatic rings. The molecule has 3 N–H and O–H groups in total. The lowest BCUT2D eigenvalue weighted by Gasteiger charge is -2.18. The summed E-state index contributed by atoms with van der Waals surface area (Å²) in [6.07, 6.45) is 1.97. The van der Waals surface area contributed by atoms with Gasteiger partial charge in [-0.1, -0.05) is 42.5 Å². The second-order valence-electron chi connectivity index (χ2n) is 7.30. The third kappa shape index (κ3) is 9.08. The van der Waals surface area contributed by atoms with Crippen LogP contribution in [0, 0.1) is 0 Å². The van der Waals surface area contributed by atoms with Gasteiger partial charge in [0.25, 0.3) is 0 Å². The largest absolute Gasteiger partial charge is 0.383 e. The minimum atomic E-state index is -3.57. The second-order valence-corrected chi connectivity index (χ2v) is 9.07. The summed E-state index contributed by atoms with van der Waals surface area (Å²) in [5.41, 5.74) is 2.14. The Bertz CT molecular complexity index is 917. The molecule has 2 rings (SSSR count).